The minimum absolute atomic E-state index is 0.0812. The number of halogens is 3. The van der Waals surface area contributed by atoms with E-state index < -0.39 is 11.7 Å². The number of nitrogens with zero attached hydrogens (tertiary/aromatic N) is 1. The second-order valence-electron chi connectivity index (χ2n) is 4.97. The summed E-state index contributed by atoms with van der Waals surface area (Å²) in [5, 5.41) is 2.73. The monoisotopic (exact) mass is 360 g/mol. The SMILES string of the molecule is O=C(Nc1cc(Cl)c(F)cc1-c1ccccc1)c1cccnc1Cl. The van der Waals surface area contributed by atoms with Crippen LogP contribution in [0, 0.1) is 5.82 Å². The molecule has 24 heavy (non-hydrogen) atoms. The molecule has 0 aliphatic carbocycles. The summed E-state index contributed by atoms with van der Waals surface area (Å²) in [6.45, 7) is 0. The van der Waals surface area contributed by atoms with E-state index in [0.29, 0.717) is 11.3 Å². The van der Waals surface area contributed by atoms with Crippen molar-refractivity contribution in [3.63, 3.8) is 0 Å². The van der Waals surface area contributed by atoms with Crippen LogP contribution in [0.25, 0.3) is 11.1 Å². The van der Waals surface area contributed by atoms with E-state index in [1.807, 2.05) is 30.3 Å². The largest absolute Gasteiger partial charge is 0.321 e. The summed E-state index contributed by atoms with van der Waals surface area (Å²) in [6.07, 6.45) is 1.49. The zero-order chi connectivity index (χ0) is 17.1. The molecular weight excluding hydrogens is 350 g/mol. The van der Waals surface area contributed by atoms with Crippen molar-refractivity contribution in [2.45, 2.75) is 0 Å². The number of carbonyl (C=O) groups excluding carboxylic acids is 1. The molecule has 0 aliphatic rings. The zero-order valence-electron chi connectivity index (χ0n) is 12.3. The number of hydrogen-bond acceptors (Lipinski definition) is 2. The lowest BCUT2D eigenvalue weighted by Crippen LogP contribution is -2.13. The summed E-state index contributed by atoms with van der Waals surface area (Å²) < 4.78 is 13.9. The quantitative estimate of drug-likeness (QED) is 0.631. The Morgan fingerprint density at radius 2 is 1.79 bits per heavy atom. The molecule has 3 nitrogen and oxygen atoms in total. The molecule has 6 heteroatoms. The van der Waals surface area contributed by atoms with Crippen LogP contribution < -0.4 is 5.32 Å². The van der Waals surface area contributed by atoms with Crippen molar-refractivity contribution in [3.05, 3.63) is 82.4 Å². The van der Waals surface area contributed by atoms with Gasteiger partial charge in [0, 0.05) is 11.8 Å². The van der Waals surface area contributed by atoms with Crippen LogP contribution in [-0.2, 0) is 0 Å². The molecule has 0 fully saturated rings. The van der Waals surface area contributed by atoms with Gasteiger partial charge in [0.2, 0.25) is 0 Å². The van der Waals surface area contributed by atoms with E-state index in [-0.39, 0.29) is 15.7 Å². The normalized spacial score (nSPS) is 10.5. The molecule has 0 saturated heterocycles. The predicted molar refractivity (Wildman–Crippen MR) is 94.0 cm³/mol. The Labute approximate surface area is 148 Å². The van der Waals surface area contributed by atoms with Gasteiger partial charge >= 0.3 is 0 Å². The van der Waals surface area contributed by atoms with E-state index in [2.05, 4.69) is 10.3 Å². The Morgan fingerprint density at radius 1 is 1.04 bits per heavy atom. The van der Waals surface area contributed by atoms with Crippen LogP contribution in [0.4, 0.5) is 10.1 Å². The molecule has 1 amide bonds. The van der Waals surface area contributed by atoms with Crippen molar-refractivity contribution in [2.24, 2.45) is 0 Å². The second kappa shape index (κ2) is 6.99. The van der Waals surface area contributed by atoms with Crippen LogP contribution in [0.2, 0.25) is 10.2 Å². The maximum atomic E-state index is 13.9. The molecule has 0 unspecified atom stereocenters. The lowest BCUT2D eigenvalue weighted by Gasteiger charge is -2.13. The van der Waals surface area contributed by atoms with Crippen molar-refractivity contribution in [2.75, 3.05) is 5.32 Å². The zero-order valence-corrected chi connectivity index (χ0v) is 13.8. The Balaban J connectivity index is 2.03. The van der Waals surface area contributed by atoms with Crippen LogP contribution >= 0.6 is 23.2 Å². The van der Waals surface area contributed by atoms with Gasteiger partial charge in [-0.1, -0.05) is 53.5 Å². The summed E-state index contributed by atoms with van der Waals surface area (Å²) in [7, 11) is 0. The maximum absolute atomic E-state index is 13.9. The molecule has 0 atom stereocenters. The van der Waals surface area contributed by atoms with Gasteiger partial charge < -0.3 is 5.32 Å². The van der Waals surface area contributed by atoms with Gasteiger partial charge in [-0.15, -0.1) is 0 Å². The first kappa shape index (κ1) is 16.4. The summed E-state index contributed by atoms with van der Waals surface area (Å²) in [5.41, 5.74) is 1.88. The van der Waals surface area contributed by atoms with Gasteiger partial charge in [0.25, 0.3) is 5.91 Å². The van der Waals surface area contributed by atoms with Gasteiger partial charge in [0.05, 0.1) is 16.3 Å². The van der Waals surface area contributed by atoms with Gasteiger partial charge in [-0.2, -0.15) is 0 Å². The minimum atomic E-state index is -0.562. The molecule has 0 aliphatic heterocycles. The van der Waals surface area contributed by atoms with E-state index in [4.69, 9.17) is 23.2 Å². The average molecular weight is 361 g/mol. The van der Waals surface area contributed by atoms with E-state index in [0.717, 1.165) is 5.56 Å². The molecule has 0 saturated carbocycles. The van der Waals surface area contributed by atoms with Crippen LogP contribution in [-0.4, -0.2) is 10.9 Å². The number of benzene rings is 2. The Hall–Kier alpha value is -2.43. The van der Waals surface area contributed by atoms with Gasteiger partial charge in [-0.25, -0.2) is 9.37 Å². The molecule has 3 aromatic rings. The molecule has 0 bridgehead atoms. The fourth-order valence-corrected chi connectivity index (χ4v) is 2.62. The van der Waals surface area contributed by atoms with E-state index in [9.17, 15) is 9.18 Å². The third-order valence-corrected chi connectivity index (χ3v) is 3.99. The van der Waals surface area contributed by atoms with Crippen LogP contribution in [0.5, 0.6) is 0 Å². The van der Waals surface area contributed by atoms with Crippen LogP contribution in [0.1, 0.15) is 10.4 Å². The topological polar surface area (TPSA) is 42.0 Å². The van der Waals surface area contributed by atoms with Crippen molar-refractivity contribution in [3.8, 4) is 11.1 Å². The standard InChI is InChI=1S/C18H11Cl2FN2O/c19-14-10-16(23-18(24)12-7-4-8-22-17(12)20)13(9-15(14)21)11-5-2-1-3-6-11/h1-10H,(H,23,24). The number of hydrogen-bond donors (Lipinski definition) is 1. The number of nitrogens with one attached hydrogen (secondary N) is 1. The van der Waals surface area contributed by atoms with Gasteiger partial charge in [0.1, 0.15) is 11.0 Å². The fraction of sp³-hybridized carbons (Fsp3) is 0. The number of pyridine rings is 1. The first-order chi connectivity index (χ1) is 11.6. The van der Waals surface area contributed by atoms with E-state index in [1.165, 1.54) is 18.3 Å². The summed E-state index contributed by atoms with van der Waals surface area (Å²) >= 11 is 11.8. The number of anilines is 1. The van der Waals surface area contributed by atoms with Gasteiger partial charge in [-0.05, 0) is 29.8 Å². The molecule has 3 rings (SSSR count). The van der Waals surface area contributed by atoms with Gasteiger partial charge in [0.15, 0.2) is 0 Å². The molecular formula is C18H11Cl2FN2O. The molecule has 1 heterocycles. The lowest BCUT2D eigenvalue weighted by atomic mass is 10.0. The Bertz CT molecular complexity index is 901. The van der Waals surface area contributed by atoms with Crippen LogP contribution in [0.3, 0.4) is 0 Å². The molecule has 1 N–H and O–H groups in total. The lowest BCUT2D eigenvalue weighted by molar-refractivity contribution is 0.102. The third-order valence-electron chi connectivity index (χ3n) is 3.40. The Morgan fingerprint density at radius 3 is 2.50 bits per heavy atom. The fourth-order valence-electron chi connectivity index (χ4n) is 2.25. The van der Waals surface area contributed by atoms with E-state index in [1.54, 1.807) is 12.1 Å². The minimum Gasteiger partial charge on any atom is -0.321 e. The first-order valence-corrected chi connectivity index (χ1v) is 7.78. The smallest absolute Gasteiger partial charge is 0.258 e. The molecule has 2 aromatic carbocycles. The second-order valence-corrected chi connectivity index (χ2v) is 5.74. The predicted octanol–water partition coefficient (Wildman–Crippen LogP) is 5.45. The average Bonchev–Trinajstić information content (AvgIpc) is 2.59. The summed E-state index contributed by atoms with van der Waals surface area (Å²) in [4.78, 5) is 16.3. The summed E-state index contributed by atoms with van der Waals surface area (Å²) in [5.74, 6) is -1.01. The number of aromatic nitrogens is 1. The highest BCUT2D eigenvalue weighted by molar-refractivity contribution is 6.33. The highest BCUT2D eigenvalue weighted by Gasteiger charge is 2.16. The first-order valence-electron chi connectivity index (χ1n) is 7.02. The van der Waals surface area contributed by atoms with E-state index >= 15 is 0 Å². The van der Waals surface area contributed by atoms with Crippen molar-refractivity contribution < 1.29 is 9.18 Å². The molecule has 120 valence electrons. The highest BCUT2D eigenvalue weighted by atomic mass is 35.5. The maximum Gasteiger partial charge on any atom is 0.258 e. The third kappa shape index (κ3) is 3.40. The summed E-state index contributed by atoms with van der Waals surface area (Å²) in [6, 6.07) is 15.0. The molecule has 0 spiro atoms. The number of carbonyl (C=O) groups is 1. The van der Waals surface area contributed by atoms with Crippen molar-refractivity contribution >= 4 is 34.8 Å². The Kier molecular flexibility index (Phi) is 4.79. The van der Waals surface area contributed by atoms with Gasteiger partial charge in [-0.3, -0.25) is 4.79 Å². The van der Waals surface area contributed by atoms with Crippen molar-refractivity contribution in [1.29, 1.82) is 0 Å². The van der Waals surface area contributed by atoms with Crippen molar-refractivity contribution in [1.82, 2.24) is 4.98 Å². The molecule has 1 aromatic heterocycles. The number of amides is 1. The number of rotatable bonds is 3. The highest BCUT2D eigenvalue weighted by Crippen LogP contribution is 2.33. The van der Waals surface area contributed by atoms with Crippen LogP contribution in [0.15, 0.2) is 60.8 Å². The molecule has 0 radical (unpaired) electrons.